The molecule has 0 atom stereocenters. The fourth-order valence-corrected chi connectivity index (χ4v) is 3.03. The molecule has 2 amide bonds. The van der Waals surface area contributed by atoms with Gasteiger partial charge in [-0.1, -0.05) is 23.7 Å². The van der Waals surface area contributed by atoms with Crippen molar-refractivity contribution in [3.8, 4) is 5.75 Å². The summed E-state index contributed by atoms with van der Waals surface area (Å²) in [7, 11) is 0. The molecule has 33 heavy (non-hydrogen) atoms. The number of rotatable bonds is 6. The third kappa shape index (κ3) is 6.04. The number of carbonyl (C=O) groups excluding carboxylic acids is 2. The molecule has 0 aliphatic rings. The predicted octanol–water partition coefficient (Wildman–Crippen LogP) is 4.79. The number of benzene rings is 2. The van der Waals surface area contributed by atoms with Gasteiger partial charge in [0.05, 0.1) is 11.8 Å². The maximum Gasteiger partial charge on any atom is 0.433 e. The van der Waals surface area contributed by atoms with E-state index in [2.05, 4.69) is 10.5 Å². The molecule has 0 unspecified atom stereocenters. The van der Waals surface area contributed by atoms with E-state index < -0.39 is 35.3 Å². The largest absolute Gasteiger partial charge is 0.489 e. The van der Waals surface area contributed by atoms with Crippen molar-refractivity contribution in [2.24, 2.45) is 0 Å². The highest BCUT2D eigenvalue weighted by molar-refractivity contribution is 6.30. The molecule has 0 bridgehead atoms. The number of nitrogens with zero attached hydrogens (tertiary/aromatic N) is 2. The number of nitrogens with one attached hydrogen (secondary N) is 2. The van der Waals surface area contributed by atoms with Crippen LogP contribution in [-0.2, 0) is 12.8 Å². The zero-order chi connectivity index (χ0) is 24.2. The lowest BCUT2D eigenvalue weighted by Crippen LogP contribution is -2.42. The zero-order valence-corrected chi connectivity index (χ0v) is 18.4. The minimum atomic E-state index is -4.79. The molecule has 1 heterocycles. The van der Waals surface area contributed by atoms with E-state index in [1.54, 1.807) is 36.4 Å². The number of aromatic nitrogens is 2. The van der Waals surface area contributed by atoms with Crippen molar-refractivity contribution >= 4 is 23.4 Å². The topological polar surface area (TPSA) is 85.3 Å². The number of ether oxygens (including phenoxy) is 1. The van der Waals surface area contributed by atoms with Gasteiger partial charge in [0.2, 0.25) is 0 Å². The first-order valence-electron chi connectivity index (χ1n) is 9.79. The van der Waals surface area contributed by atoms with Crippen LogP contribution in [0, 0.1) is 0 Å². The van der Waals surface area contributed by atoms with Crippen molar-refractivity contribution in [1.82, 2.24) is 20.6 Å². The predicted molar refractivity (Wildman–Crippen MR) is 115 cm³/mol. The van der Waals surface area contributed by atoms with E-state index in [1.165, 1.54) is 26.0 Å². The Morgan fingerprint density at radius 2 is 1.64 bits per heavy atom. The monoisotopic (exact) mass is 480 g/mol. The second kappa shape index (κ2) is 9.95. The minimum Gasteiger partial charge on any atom is -0.489 e. The summed E-state index contributed by atoms with van der Waals surface area (Å²) in [5, 5.41) is 4.24. The van der Waals surface area contributed by atoms with Gasteiger partial charge in [-0.3, -0.25) is 25.1 Å². The molecule has 0 saturated heterocycles. The Bertz CT molecular complexity index is 1130. The van der Waals surface area contributed by atoms with E-state index in [0.717, 1.165) is 11.8 Å². The van der Waals surface area contributed by atoms with Crippen LogP contribution >= 0.6 is 11.6 Å². The first-order valence-corrected chi connectivity index (χ1v) is 10.2. The number of hydrogen-bond acceptors (Lipinski definition) is 4. The molecule has 0 radical (unpaired) electrons. The molecular formula is C22H20ClF3N4O3. The van der Waals surface area contributed by atoms with Gasteiger partial charge in [0.15, 0.2) is 5.69 Å². The minimum absolute atomic E-state index is 0.194. The van der Waals surface area contributed by atoms with Crippen molar-refractivity contribution < 1.29 is 27.5 Å². The first kappa shape index (κ1) is 24.1. The van der Waals surface area contributed by atoms with E-state index in [0.29, 0.717) is 15.5 Å². The molecule has 0 aliphatic heterocycles. The molecule has 7 nitrogen and oxygen atoms in total. The third-order valence-electron chi connectivity index (χ3n) is 4.52. The molecule has 1 aromatic heterocycles. The number of hydrogen-bond donors (Lipinski definition) is 2. The van der Waals surface area contributed by atoms with E-state index in [-0.39, 0.29) is 12.2 Å². The molecule has 3 aromatic rings. The van der Waals surface area contributed by atoms with Crippen LogP contribution in [0.4, 0.5) is 13.2 Å². The zero-order valence-electron chi connectivity index (χ0n) is 17.6. The van der Waals surface area contributed by atoms with Gasteiger partial charge in [-0.15, -0.1) is 0 Å². The lowest BCUT2D eigenvalue weighted by molar-refractivity contribution is -0.145. The van der Waals surface area contributed by atoms with Gasteiger partial charge in [-0.25, -0.2) is 0 Å². The smallest absolute Gasteiger partial charge is 0.433 e. The Morgan fingerprint density at radius 1 is 1.03 bits per heavy atom. The van der Waals surface area contributed by atoms with Crippen LogP contribution in [0.5, 0.6) is 5.75 Å². The Morgan fingerprint density at radius 3 is 2.21 bits per heavy atom. The summed E-state index contributed by atoms with van der Waals surface area (Å²) in [5.74, 6) is -1.20. The molecule has 0 spiro atoms. The van der Waals surface area contributed by atoms with E-state index in [4.69, 9.17) is 16.3 Å². The average Bonchev–Trinajstić information content (AvgIpc) is 3.24. The van der Waals surface area contributed by atoms with Crippen LogP contribution < -0.4 is 15.6 Å². The van der Waals surface area contributed by atoms with Crippen LogP contribution in [-0.4, -0.2) is 21.6 Å². The summed E-state index contributed by atoms with van der Waals surface area (Å²) in [5.41, 5.74) is 3.21. The highest BCUT2D eigenvalue weighted by atomic mass is 35.5. The van der Waals surface area contributed by atoms with Crippen LogP contribution in [0.2, 0.25) is 5.02 Å². The maximum absolute atomic E-state index is 13.4. The van der Waals surface area contributed by atoms with Crippen LogP contribution in [0.3, 0.4) is 0 Å². The van der Waals surface area contributed by atoms with E-state index in [1.807, 2.05) is 5.43 Å². The Labute approximate surface area is 192 Å². The number of carbonyl (C=O) groups is 2. The summed E-state index contributed by atoms with van der Waals surface area (Å²) in [6, 6.07) is 12.5. The van der Waals surface area contributed by atoms with Gasteiger partial charge in [0.1, 0.15) is 12.4 Å². The highest BCUT2D eigenvalue weighted by Crippen LogP contribution is 2.33. The van der Waals surface area contributed by atoms with Crippen molar-refractivity contribution in [3.05, 3.63) is 82.1 Å². The van der Waals surface area contributed by atoms with Gasteiger partial charge in [-0.05, 0) is 55.8 Å². The SMILES string of the molecule is CC(C)n1ncc(C(=O)NNC(=O)c2ccc(COc3ccc(Cl)cc3)cc2)c1C(F)(F)F. The number of alkyl halides is 3. The molecule has 0 aliphatic carbocycles. The number of hydrazine groups is 1. The van der Waals surface area contributed by atoms with Gasteiger partial charge < -0.3 is 4.74 Å². The second-order valence-corrected chi connectivity index (χ2v) is 7.73. The Balaban J connectivity index is 1.59. The summed E-state index contributed by atoms with van der Waals surface area (Å²) in [4.78, 5) is 24.6. The van der Waals surface area contributed by atoms with Crippen LogP contribution in [0.1, 0.15) is 51.9 Å². The molecule has 2 N–H and O–H groups in total. The summed E-state index contributed by atoms with van der Waals surface area (Å²) < 4.78 is 46.6. The molecule has 0 fully saturated rings. The van der Waals surface area contributed by atoms with Crippen molar-refractivity contribution in [2.75, 3.05) is 0 Å². The van der Waals surface area contributed by atoms with Crippen LogP contribution in [0.25, 0.3) is 0 Å². The van der Waals surface area contributed by atoms with E-state index >= 15 is 0 Å². The Hall–Kier alpha value is -3.53. The molecule has 3 rings (SSSR count). The number of halogens is 4. The summed E-state index contributed by atoms with van der Waals surface area (Å²) in [6.45, 7) is 3.27. The average molecular weight is 481 g/mol. The van der Waals surface area contributed by atoms with Gasteiger partial charge >= 0.3 is 6.18 Å². The fourth-order valence-electron chi connectivity index (χ4n) is 2.91. The lowest BCUT2D eigenvalue weighted by Gasteiger charge is -2.15. The highest BCUT2D eigenvalue weighted by Gasteiger charge is 2.40. The normalized spacial score (nSPS) is 11.4. The van der Waals surface area contributed by atoms with Crippen molar-refractivity contribution in [3.63, 3.8) is 0 Å². The summed E-state index contributed by atoms with van der Waals surface area (Å²) in [6.07, 6.45) is -3.97. The van der Waals surface area contributed by atoms with Gasteiger partial charge in [-0.2, -0.15) is 18.3 Å². The second-order valence-electron chi connectivity index (χ2n) is 7.29. The standard InChI is InChI=1S/C22H20ClF3N4O3/c1-13(2)30-19(22(24,25)26)18(11-27-30)21(32)29-28-20(31)15-5-3-14(4-6-15)12-33-17-9-7-16(23)8-10-17/h3-11,13H,12H2,1-2H3,(H,28,31)(H,29,32). The van der Waals surface area contributed by atoms with Gasteiger partial charge in [0, 0.05) is 16.6 Å². The maximum atomic E-state index is 13.4. The summed E-state index contributed by atoms with van der Waals surface area (Å²) >= 11 is 5.82. The number of amides is 2. The van der Waals surface area contributed by atoms with Gasteiger partial charge in [0.25, 0.3) is 11.8 Å². The molecule has 174 valence electrons. The fraction of sp³-hybridized carbons (Fsp3) is 0.227. The van der Waals surface area contributed by atoms with Crippen LogP contribution in [0.15, 0.2) is 54.7 Å². The van der Waals surface area contributed by atoms with E-state index in [9.17, 15) is 22.8 Å². The molecular weight excluding hydrogens is 461 g/mol. The molecule has 0 saturated carbocycles. The molecule has 2 aromatic carbocycles. The quantitative estimate of drug-likeness (QED) is 0.497. The first-order chi connectivity index (χ1) is 15.6. The Kier molecular flexibility index (Phi) is 7.27. The lowest BCUT2D eigenvalue weighted by atomic mass is 10.1. The van der Waals surface area contributed by atoms with Crippen molar-refractivity contribution in [1.29, 1.82) is 0 Å². The third-order valence-corrected chi connectivity index (χ3v) is 4.77. The van der Waals surface area contributed by atoms with Crippen molar-refractivity contribution in [2.45, 2.75) is 32.7 Å². The molecule has 11 heteroatoms.